The number of piperazine rings is 1. The highest BCUT2D eigenvalue weighted by Gasteiger charge is 2.40. The molecule has 1 spiro atoms. The van der Waals surface area contributed by atoms with Crippen LogP contribution in [0.3, 0.4) is 0 Å². The van der Waals surface area contributed by atoms with Gasteiger partial charge in [-0.25, -0.2) is 0 Å². The fraction of sp³-hybridized carbons (Fsp3) is 1.00. The highest BCUT2D eigenvalue weighted by molar-refractivity contribution is 5.00. The molecule has 1 aliphatic heterocycles. The molecule has 0 aromatic carbocycles. The van der Waals surface area contributed by atoms with Gasteiger partial charge in [-0.05, 0) is 32.6 Å². The van der Waals surface area contributed by atoms with Gasteiger partial charge < -0.3 is 5.32 Å². The Bertz CT molecular complexity index is 245. The quantitative estimate of drug-likeness (QED) is 0.823. The van der Waals surface area contributed by atoms with Crippen LogP contribution in [0.25, 0.3) is 0 Å². The standard InChI is InChI=1S/C16H32N2/c1-4-9-15-12-17-16(10-7-6-8-11-16)13-18(15)14(3)5-2/h14-15,17H,4-13H2,1-3H3. The van der Waals surface area contributed by atoms with Crippen molar-refractivity contribution in [2.75, 3.05) is 13.1 Å². The van der Waals surface area contributed by atoms with Crippen LogP contribution in [0.2, 0.25) is 0 Å². The fourth-order valence-corrected chi connectivity index (χ4v) is 3.90. The summed E-state index contributed by atoms with van der Waals surface area (Å²) in [6.45, 7) is 9.60. The minimum absolute atomic E-state index is 0.464. The lowest BCUT2D eigenvalue weighted by atomic mass is 9.78. The maximum atomic E-state index is 3.94. The molecular formula is C16H32N2. The molecule has 2 atom stereocenters. The molecule has 1 aliphatic carbocycles. The van der Waals surface area contributed by atoms with E-state index >= 15 is 0 Å². The SMILES string of the molecule is CCCC1CNC2(CCCCC2)CN1C(C)CC. The molecule has 2 nitrogen and oxygen atoms in total. The molecular weight excluding hydrogens is 220 g/mol. The zero-order chi connectivity index (χ0) is 13.0. The summed E-state index contributed by atoms with van der Waals surface area (Å²) in [6.07, 6.45) is 11.1. The van der Waals surface area contributed by atoms with Crippen molar-refractivity contribution in [3.8, 4) is 0 Å². The van der Waals surface area contributed by atoms with E-state index in [-0.39, 0.29) is 0 Å². The molecule has 0 amide bonds. The molecule has 0 aromatic heterocycles. The summed E-state index contributed by atoms with van der Waals surface area (Å²) in [4.78, 5) is 2.82. The first kappa shape index (κ1) is 14.3. The Morgan fingerprint density at radius 3 is 2.56 bits per heavy atom. The third kappa shape index (κ3) is 3.08. The maximum absolute atomic E-state index is 3.94. The van der Waals surface area contributed by atoms with E-state index in [1.165, 1.54) is 64.5 Å². The van der Waals surface area contributed by atoms with Crippen molar-refractivity contribution < 1.29 is 0 Å². The van der Waals surface area contributed by atoms with E-state index in [4.69, 9.17) is 0 Å². The van der Waals surface area contributed by atoms with Crippen LogP contribution in [0.1, 0.15) is 72.1 Å². The minimum atomic E-state index is 0.464. The molecule has 1 saturated heterocycles. The molecule has 1 heterocycles. The molecule has 18 heavy (non-hydrogen) atoms. The van der Waals surface area contributed by atoms with Crippen LogP contribution in [0.15, 0.2) is 0 Å². The number of nitrogens with zero attached hydrogens (tertiary/aromatic N) is 1. The highest BCUT2D eigenvalue weighted by Crippen LogP contribution is 2.33. The van der Waals surface area contributed by atoms with E-state index in [0.29, 0.717) is 5.54 Å². The van der Waals surface area contributed by atoms with E-state index in [0.717, 1.165) is 12.1 Å². The van der Waals surface area contributed by atoms with Gasteiger partial charge >= 0.3 is 0 Å². The second-order valence-corrected chi connectivity index (χ2v) is 6.59. The summed E-state index contributed by atoms with van der Waals surface area (Å²) in [7, 11) is 0. The predicted octanol–water partition coefficient (Wildman–Crippen LogP) is 3.56. The molecule has 0 radical (unpaired) electrons. The van der Waals surface area contributed by atoms with Crippen LogP contribution in [-0.4, -0.2) is 35.6 Å². The Morgan fingerprint density at radius 1 is 1.22 bits per heavy atom. The van der Waals surface area contributed by atoms with Crippen molar-refractivity contribution in [1.82, 2.24) is 10.2 Å². The van der Waals surface area contributed by atoms with Gasteiger partial charge in [0.2, 0.25) is 0 Å². The molecule has 0 aromatic rings. The third-order valence-electron chi connectivity index (χ3n) is 5.26. The second-order valence-electron chi connectivity index (χ2n) is 6.59. The monoisotopic (exact) mass is 252 g/mol. The third-order valence-corrected chi connectivity index (χ3v) is 5.26. The normalized spacial score (nSPS) is 30.5. The number of hydrogen-bond acceptors (Lipinski definition) is 2. The van der Waals surface area contributed by atoms with Crippen molar-refractivity contribution in [2.45, 2.75) is 89.8 Å². The average Bonchev–Trinajstić information content (AvgIpc) is 2.41. The van der Waals surface area contributed by atoms with Crippen molar-refractivity contribution in [3.63, 3.8) is 0 Å². The van der Waals surface area contributed by atoms with Crippen molar-refractivity contribution in [2.24, 2.45) is 0 Å². The predicted molar refractivity (Wildman–Crippen MR) is 79.0 cm³/mol. The van der Waals surface area contributed by atoms with Crippen LogP contribution in [0, 0.1) is 0 Å². The second kappa shape index (κ2) is 6.38. The van der Waals surface area contributed by atoms with Gasteiger partial charge in [-0.1, -0.05) is 39.5 Å². The van der Waals surface area contributed by atoms with Gasteiger partial charge in [0.1, 0.15) is 0 Å². The zero-order valence-corrected chi connectivity index (χ0v) is 12.7. The van der Waals surface area contributed by atoms with Gasteiger partial charge in [-0.3, -0.25) is 4.90 Å². The summed E-state index contributed by atoms with van der Waals surface area (Å²) in [5, 5.41) is 3.94. The summed E-state index contributed by atoms with van der Waals surface area (Å²) in [5.41, 5.74) is 0.464. The van der Waals surface area contributed by atoms with E-state index in [1.807, 2.05) is 0 Å². The van der Waals surface area contributed by atoms with E-state index < -0.39 is 0 Å². The summed E-state index contributed by atoms with van der Waals surface area (Å²) < 4.78 is 0. The van der Waals surface area contributed by atoms with Gasteiger partial charge in [-0.2, -0.15) is 0 Å². The Balaban J connectivity index is 2.04. The number of nitrogens with one attached hydrogen (secondary N) is 1. The van der Waals surface area contributed by atoms with Crippen LogP contribution in [0.4, 0.5) is 0 Å². The Kier molecular flexibility index (Phi) is 5.08. The first-order valence-corrected chi connectivity index (χ1v) is 8.21. The molecule has 2 unspecified atom stereocenters. The van der Waals surface area contributed by atoms with Crippen LogP contribution in [-0.2, 0) is 0 Å². The van der Waals surface area contributed by atoms with Gasteiger partial charge in [-0.15, -0.1) is 0 Å². The van der Waals surface area contributed by atoms with Gasteiger partial charge in [0.05, 0.1) is 0 Å². The molecule has 1 N–H and O–H groups in total. The first-order chi connectivity index (χ1) is 8.71. The molecule has 2 fully saturated rings. The Hall–Kier alpha value is -0.0800. The van der Waals surface area contributed by atoms with Gasteiger partial charge in [0.15, 0.2) is 0 Å². The van der Waals surface area contributed by atoms with Crippen molar-refractivity contribution in [3.05, 3.63) is 0 Å². The van der Waals surface area contributed by atoms with Crippen LogP contribution in [0.5, 0.6) is 0 Å². The highest BCUT2D eigenvalue weighted by atomic mass is 15.3. The van der Waals surface area contributed by atoms with E-state index in [1.54, 1.807) is 0 Å². The first-order valence-electron chi connectivity index (χ1n) is 8.21. The van der Waals surface area contributed by atoms with Crippen molar-refractivity contribution >= 4 is 0 Å². The molecule has 1 saturated carbocycles. The molecule has 0 bridgehead atoms. The average molecular weight is 252 g/mol. The lowest BCUT2D eigenvalue weighted by Crippen LogP contribution is -2.66. The molecule has 2 aliphatic rings. The summed E-state index contributed by atoms with van der Waals surface area (Å²) in [6, 6.07) is 1.53. The van der Waals surface area contributed by atoms with Crippen LogP contribution < -0.4 is 5.32 Å². The van der Waals surface area contributed by atoms with E-state index in [2.05, 4.69) is 31.0 Å². The van der Waals surface area contributed by atoms with Crippen molar-refractivity contribution in [1.29, 1.82) is 0 Å². The van der Waals surface area contributed by atoms with Gasteiger partial charge in [0.25, 0.3) is 0 Å². The number of hydrogen-bond donors (Lipinski definition) is 1. The lowest BCUT2D eigenvalue weighted by molar-refractivity contribution is 0.0243. The minimum Gasteiger partial charge on any atom is -0.308 e. The molecule has 106 valence electrons. The van der Waals surface area contributed by atoms with Gasteiger partial charge in [0, 0.05) is 30.7 Å². The topological polar surface area (TPSA) is 15.3 Å². The largest absolute Gasteiger partial charge is 0.308 e. The van der Waals surface area contributed by atoms with E-state index in [9.17, 15) is 0 Å². The Labute approximate surface area is 114 Å². The smallest absolute Gasteiger partial charge is 0.0309 e. The zero-order valence-electron chi connectivity index (χ0n) is 12.7. The fourth-order valence-electron chi connectivity index (χ4n) is 3.90. The van der Waals surface area contributed by atoms with Crippen LogP contribution >= 0.6 is 0 Å². The summed E-state index contributed by atoms with van der Waals surface area (Å²) >= 11 is 0. The number of rotatable bonds is 4. The molecule has 2 rings (SSSR count). The maximum Gasteiger partial charge on any atom is 0.0309 e. The lowest BCUT2D eigenvalue weighted by Gasteiger charge is -2.51. The molecule has 2 heteroatoms. The summed E-state index contributed by atoms with van der Waals surface area (Å²) in [5.74, 6) is 0. The Morgan fingerprint density at radius 2 is 1.94 bits per heavy atom.